The first kappa shape index (κ1) is 13.8. The molecular formula is C9H15N3O4S. The lowest BCUT2D eigenvalue weighted by Gasteiger charge is -2.32. The van der Waals surface area contributed by atoms with E-state index >= 15 is 0 Å². The highest BCUT2D eigenvalue weighted by atomic mass is 32.2. The van der Waals surface area contributed by atoms with Crippen molar-refractivity contribution in [3.05, 3.63) is 0 Å². The van der Waals surface area contributed by atoms with Crippen molar-refractivity contribution in [3.8, 4) is 0 Å². The summed E-state index contributed by atoms with van der Waals surface area (Å²) >= 11 is 1.58. The van der Waals surface area contributed by atoms with E-state index < -0.39 is 23.9 Å². The summed E-state index contributed by atoms with van der Waals surface area (Å²) in [4.78, 5) is 34.3. The molecule has 96 valence electrons. The average Bonchev–Trinajstić information content (AvgIpc) is 2.25. The Morgan fingerprint density at radius 2 is 2.18 bits per heavy atom. The maximum Gasteiger partial charge on any atom is 0.321 e. The fraction of sp³-hybridized carbons (Fsp3) is 0.667. The van der Waals surface area contributed by atoms with Gasteiger partial charge in [0.15, 0.2) is 0 Å². The van der Waals surface area contributed by atoms with Crippen LogP contribution in [0.1, 0.15) is 6.42 Å². The van der Waals surface area contributed by atoms with Crippen LogP contribution in [0.4, 0.5) is 4.79 Å². The number of nitrogens with two attached hydrogens (primary N) is 1. The predicted molar refractivity (Wildman–Crippen MR) is 62.7 cm³/mol. The number of rotatable bonds is 4. The Bertz CT molecular complexity index is 323. The number of nitrogens with one attached hydrogen (secondary N) is 1. The Morgan fingerprint density at radius 1 is 1.47 bits per heavy atom. The summed E-state index contributed by atoms with van der Waals surface area (Å²) in [5.74, 6) is 0.000866. The van der Waals surface area contributed by atoms with Gasteiger partial charge in [0.05, 0.1) is 0 Å². The minimum atomic E-state index is -0.890. The summed E-state index contributed by atoms with van der Waals surface area (Å²) in [7, 11) is 0. The second-order valence-corrected chi connectivity index (χ2v) is 4.78. The molecule has 1 heterocycles. The van der Waals surface area contributed by atoms with Crippen molar-refractivity contribution >= 4 is 29.7 Å². The summed E-state index contributed by atoms with van der Waals surface area (Å²) in [6.45, 7) is 0.947. The van der Waals surface area contributed by atoms with Crippen molar-refractivity contribution in [2.75, 3.05) is 24.6 Å². The largest absolute Gasteiger partial charge is 0.480 e. The lowest BCUT2D eigenvalue weighted by Crippen LogP contribution is -2.48. The highest BCUT2D eigenvalue weighted by Crippen LogP contribution is 2.16. The highest BCUT2D eigenvalue weighted by Gasteiger charge is 2.28. The first-order valence-electron chi connectivity index (χ1n) is 5.14. The van der Waals surface area contributed by atoms with Gasteiger partial charge >= 0.3 is 12.0 Å². The molecule has 1 aliphatic heterocycles. The van der Waals surface area contributed by atoms with E-state index in [1.807, 2.05) is 5.32 Å². The quantitative estimate of drug-likeness (QED) is 0.603. The number of hydrogen-bond donors (Lipinski definition) is 3. The van der Waals surface area contributed by atoms with Gasteiger partial charge in [0.2, 0.25) is 5.91 Å². The van der Waals surface area contributed by atoms with Crippen molar-refractivity contribution in [2.24, 2.45) is 5.73 Å². The third-order valence-electron chi connectivity index (χ3n) is 2.41. The topological polar surface area (TPSA) is 113 Å². The Kier molecular flexibility index (Phi) is 5.23. The zero-order valence-electron chi connectivity index (χ0n) is 9.22. The molecule has 1 fully saturated rings. The van der Waals surface area contributed by atoms with Crippen LogP contribution in [0.3, 0.4) is 0 Å². The number of amides is 3. The van der Waals surface area contributed by atoms with Crippen LogP contribution >= 0.6 is 11.8 Å². The van der Waals surface area contributed by atoms with Crippen LogP contribution in [0, 0.1) is 0 Å². The lowest BCUT2D eigenvalue weighted by atomic mass is 10.2. The predicted octanol–water partition coefficient (Wildman–Crippen LogP) is -0.927. The molecule has 4 N–H and O–H groups in total. The Hall–Kier alpha value is -1.28. The third kappa shape index (κ3) is 4.61. The smallest absolute Gasteiger partial charge is 0.321 e. The van der Waals surface area contributed by atoms with Crippen LogP contribution < -0.4 is 11.1 Å². The van der Waals surface area contributed by atoms with Crippen LogP contribution in [-0.2, 0) is 9.59 Å². The molecule has 8 heteroatoms. The molecule has 0 aromatic rings. The SMILES string of the molecule is NC(=O)NC(=O)CCN1CCSCC1C(=O)O. The number of thioether (sulfide) groups is 1. The van der Waals surface area contributed by atoms with E-state index in [2.05, 4.69) is 0 Å². The van der Waals surface area contributed by atoms with Crippen molar-refractivity contribution < 1.29 is 19.5 Å². The summed E-state index contributed by atoms with van der Waals surface area (Å²) < 4.78 is 0. The molecule has 0 bridgehead atoms. The van der Waals surface area contributed by atoms with Crippen LogP contribution in [0.15, 0.2) is 0 Å². The number of carboxylic acid groups (broad SMARTS) is 1. The molecule has 1 aliphatic rings. The molecule has 3 amide bonds. The van der Waals surface area contributed by atoms with Gasteiger partial charge in [-0.3, -0.25) is 19.8 Å². The fourth-order valence-corrected chi connectivity index (χ4v) is 2.69. The molecule has 0 aromatic carbocycles. The minimum Gasteiger partial charge on any atom is -0.480 e. The number of urea groups is 1. The molecule has 17 heavy (non-hydrogen) atoms. The molecule has 0 aliphatic carbocycles. The first-order valence-corrected chi connectivity index (χ1v) is 6.30. The maximum absolute atomic E-state index is 11.2. The first-order chi connectivity index (χ1) is 8.00. The van der Waals surface area contributed by atoms with Crippen LogP contribution in [-0.4, -0.2) is 58.6 Å². The standard InChI is InChI=1S/C9H15N3O4S/c10-9(16)11-7(13)1-2-12-3-4-17-5-6(12)8(14)15/h6H,1-5H2,(H,14,15)(H3,10,11,13,16). The number of aliphatic carboxylic acids is 1. The van der Waals surface area contributed by atoms with Gasteiger partial charge in [0.1, 0.15) is 6.04 Å². The van der Waals surface area contributed by atoms with Gasteiger partial charge in [0, 0.05) is 31.0 Å². The summed E-state index contributed by atoms with van der Waals surface area (Å²) in [6.07, 6.45) is 0.0669. The van der Waals surface area contributed by atoms with Crippen molar-refractivity contribution in [2.45, 2.75) is 12.5 Å². The lowest BCUT2D eigenvalue weighted by molar-refractivity contribution is -0.142. The summed E-state index contributed by atoms with van der Waals surface area (Å²) in [5, 5.41) is 10.9. The van der Waals surface area contributed by atoms with E-state index in [0.29, 0.717) is 18.8 Å². The van der Waals surface area contributed by atoms with Gasteiger partial charge in [-0.2, -0.15) is 11.8 Å². The molecule has 0 saturated carbocycles. The molecule has 1 saturated heterocycles. The molecule has 7 nitrogen and oxygen atoms in total. The Labute approximate surface area is 103 Å². The minimum absolute atomic E-state index is 0.0669. The zero-order valence-corrected chi connectivity index (χ0v) is 10.0. The molecule has 1 rings (SSSR count). The van der Waals surface area contributed by atoms with Crippen LogP contribution in [0.2, 0.25) is 0 Å². The molecule has 1 unspecified atom stereocenters. The molecule has 0 radical (unpaired) electrons. The highest BCUT2D eigenvalue weighted by molar-refractivity contribution is 7.99. The number of carboxylic acids is 1. The normalized spacial score (nSPS) is 20.8. The summed E-state index contributed by atoms with van der Waals surface area (Å²) in [5.41, 5.74) is 4.80. The Balaban J connectivity index is 2.40. The number of primary amides is 1. The maximum atomic E-state index is 11.2. The van der Waals surface area contributed by atoms with Gasteiger partial charge in [0.25, 0.3) is 0 Å². The fourth-order valence-electron chi connectivity index (χ4n) is 1.58. The zero-order chi connectivity index (χ0) is 12.8. The van der Waals surface area contributed by atoms with E-state index in [9.17, 15) is 14.4 Å². The van der Waals surface area contributed by atoms with Crippen molar-refractivity contribution in [1.82, 2.24) is 10.2 Å². The second kappa shape index (κ2) is 6.45. The van der Waals surface area contributed by atoms with Gasteiger partial charge in [-0.15, -0.1) is 0 Å². The summed E-state index contributed by atoms with van der Waals surface area (Å²) in [6, 6.07) is -1.45. The van der Waals surface area contributed by atoms with E-state index in [1.165, 1.54) is 0 Å². The number of carbonyl (C=O) groups is 3. The monoisotopic (exact) mass is 261 g/mol. The second-order valence-electron chi connectivity index (χ2n) is 3.63. The molecule has 0 spiro atoms. The molecular weight excluding hydrogens is 246 g/mol. The van der Waals surface area contributed by atoms with Crippen molar-refractivity contribution in [1.29, 1.82) is 0 Å². The molecule has 0 aromatic heterocycles. The Morgan fingerprint density at radius 3 is 2.76 bits per heavy atom. The van der Waals surface area contributed by atoms with E-state index in [1.54, 1.807) is 16.7 Å². The molecule has 1 atom stereocenters. The van der Waals surface area contributed by atoms with Gasteiger partial charge < -0.3 is 10.8 Å². The van der Waals surface area contributed by atoms with Gasteiger partial charge in [-0.05, 0) is 0 Å². The van der Waals surface area contributed by atoms with Crippen LogP contribution in [0.25, 0.3) is 0 Å². The number of imide groups is 1. The van der Waals surface area contributed by atoms with Gasteiger partial charge in [-0.1, -0.05) is 0 Å². The van der Waals surface area contributed by atoms with E-state index in [-0.39, 0.29) is 6.42 Å². The number of carbonyl (C=O) groups excluding carboxylic acids is 2. The number of hydrogen-bond acceptors (Lipinski definition) is 5. The van der Waals surface area contributed by atoms with Gasteiger partial charge in [-0.25, -0.2) is 4.79 Å². The third-order valence-corrected chi connectivity index (χ3v) is 3.44. The number of nitrogens with zero attached hydrogens (tertiary/aromatic N) is 1. The average molecular weight is 261 g/mol. The van der Waals surface area contributed by atoms with E-state index in [0.717, 1.165) is 5.75 Å². The van der Waals surface area contributed by atoms with E-state index in [4.69, 9.17) is 10.8 Å². The van der Waals surface area contributed by atoms with Crippen molar-refractivity contribution in [3.63, 3.8) is 0 Å². The van der Waals surface area contributed by atoms with Crippen LogP contribution in [0.5, 0.6) is 0 Å².